The quantitative estimate of drug-likeness (QED) is 0.720. The molecule has 2 heterocycles. The molecule has 0 spiro atoms. The number of pyridine rings is 1. The van der Waals surface area contributed by atoms with Crippen LogP contribution in [-0.4, -0.2) is 15.0 Å². The van der Waals surface area contributed by atoms with Crippen molar-refractivity contribution in [3.05, 3.63) is 66.9 Å². The number of benzene rings is 1. The Hall–Kier alpha value is -2.96. The van der Waals surface area contributed by atoms with Crippen LogP contribution in [0.2, 0.25) is 0 Å². The molecule has 0 fully saturated rings. The zero-order valence-corrected chi connectivity index (χ0v) is 11.7. The van der Waals surface area contributed by atoms with E-state index in [1.165, 1.54) is 12.4 Å². The average molecular weight is 317 g/mol. The second-order valence-electron chi connectivity index (χ2n) is 4.60. The minimum atomic E-state index is -4.50. The zero-order chi connectivity index (χ0) is 16.3. The van der Waals surface area contributed by atoms with Gasteiger partial charge in [-0.1, -0.05) is 0 Å². The number of hydrogen-bond acceptors (Lipinski definition) is 4. The van der Waals surface area contributed by atoms with E-state index in [4.69, 9.17) is 4.74 Å². The Bertz CT molecular complexity index is 790. The van der Waals surface area contributed by atoms with Crippen molar-refractivity contribution in [2.24, 2.45) is 0 Å². The maximum Gasteiger partial charge on any atom is 0.433 e. The molecule has 2 aromatic heterocycles. The number of ether oxygens (including phenoxy) is 1. The Morgan fingerprint density at radius 2 is 1.61 bits per heavy atom. The summed E-state index contributed by atoms with van der Waals surface area (Å²) in [5.41, 5.74) is 0.605. The van der Waals surface area contributed by atoms with Crippen LogP contribution >= 0.6 is 0 Å². The summed E-state index contributed by atoms with van der Waals surface area (Å²) in [5, 5.41) is 0. The van der Waals surface area contributed by atoms with Gasteiger partial charge in [-0.25, -0.2) is 9.97 Å². The fraction of sp³-hybridized carbons (Fsp3) is 0.0625. The van der Waals surface area contributed by atoms with E-state index < -0.39 is 11.9 Å². The minimum Gasteiger partial charge on any atom is -0.457 e. The molecule has 0 aliphatic carbocycles. The van der Waals surface area contributed by atoms with Gasteiger partial charge in [0.2, 0.25) is 0 Å². The van der Waals surface area contributed by atoms with Crippen molar-refractivity contribution in [3.63, 3.8) is 0 Å². The third-order valence-corrected chi connectivity index (χ3v) is 2.99. The molecule has 0 aliphatic rings. The molecule has 0 unspecified atom stereocenters. The number of rotatable bonds is 3. The van der Waals surface area contributed by atoms with Gasteiger partial charge in [0.25, 0.3) is 0 Å². The first-order valence-corrected chi connectivity index (χ1v) is 6.60. The second-order valence-corrected chi connectivity index (χ2v) is 4.60. The third kappa shape index (κ3) is 3.63. The normalized spacial score (nSPS) is 11.3. The van der Waals surface area contributed by atoms with Crippen molar-refractivity contribution >= 4 is 0 Å². The van der Waals surface area contributed by atoms with Gasteiger partial charge in [0.05, 0.1) is 5.69 Å². The molecule has 1 aromatic carbocycles. The molecule has 3 rings (SSSR count). The average Bonchev–Trinajstić information content (AvgIpc) is 2.56. The monoisotopic (exact) mass is 317 g/mol. The van der Waals surface area contributed by atoms with Crippen molar-refractivity contribution in [2.75, 3.05) is 0 Å². The van der Waals surface area contributed by atoms with Crippen LogP contribution in [0.15, 0.2) is 61.2 Å². The lowest BCUT2D eigenvalue weighted by atomic mass is 10.1. The van der Waals surface area contributed by atoms with Crippen LogP contribution < -0.4 is 4.74 Å². The summed E-state index contributed by atoms with van der Waals surface area (Å²) in [6, 6.07) is 10.8. The van der Waals surface area contributed by atoms with E-state index in [0.717, 1.165) is 23.5 Å². The molecular formula is C16H10F3N3O. The summed E-state index contributed by atoms with van der Waals surface area (Å²) in [7, 11) is 0. The summed E-state index contributed by atoms with van der Waals surface area (Å²) < 4.78 is 43.3. The van der Waals surface area contributed by atoms with Gasteiger partial charge in [-0.15, -0.1) is 0 Å². The Balaban J connectivity index is 1.79. The number of hydrogen-bond donors (Lipinski definition) is 0. The first-order chi connectivity index (χ1) is 11.0. The van der Waals surface area contributed by atoms with Crippen molar-refractivity contribution in [1.29, 1.82) is 0 Å². The summed E-state index contributed by atoms with van der Waals surface area (Å²) in [6.45, 7) is 0. The van der Waals surface area contributed by atoms with Crippen LogP contribution in [-0.2, 0) is 6.18 Å². The highest BCUT2D eigenvalue weighted by atomic mass is 19.4. The molecule has 23 heavy (non-hydrogen) atoms. The third-order valence-electron chi connectivity index (χ3n) is 2.99. The van der Waals surface area contributed by atoms with Crippen LogP contribution in [0.3, 0.4) is 0 Å². The minimum absolute atomic E-state index is 0.0714. The van der Waals surface area contributed by atoms with Gasteiger partial charge in [0, 0.05) is 24.0 Å². The molecule has 4 nitrogen and oxygen atoms in total. The Kier molecular flexibility index (Phi) is 3.92. The topological polar surface area (TPSA) is 47.9 Å². The highest BCUT2D eigenvalue weighted by Crippen LogP contribution is 2.31. The van der Waals surface area contributed by atoms with Crippen molar-refractivity contribution < 1.29 is 17.9 Å². The van der Waals surface area contributed by atoms with Crippen molar-refractivity contribution in [1.82, 2.24) is 15.0 Å². The highest BCUT2D eigenvalue weighted by molar-refractivity contribution is 5.59. The SMILES string of the molecule is FC(F)(F)c1cc(Oc2ccc(-c3ccncn3)cc2)ccn1. The summed E-state index contributed by atoms with van der Waals surface area (Å²) in [4.78, 5) is 11.2. The largest absolute Gasteiger partial charge is 0.457 e. The first-order valence-electron chi connectivity index (χ1n) is 6.60. The van der Waals surface area contributed by atoms with E-state index in [0.29, 0.717) is 5.75 Å². The van der Waals surface area contributed by atoms with Gasteiger partial charge in [-0.2, -0.15) is 13.2 Å². The summed E-state index contributed by atoms with van der Waals surface area (Å²) in [5.74, 6) is 0.490. The lowest BCUT2D eigenvalue weighted by Crippen LogP contribution is -2.07. The fourth-order valence-electron chi connectivity index (χ4n) is 1.92. The number of nitrogens with zero attached hydrogens (tertiary/aromatic N) is 3. The number of halogens is 3. The molecular weight excluding hydrogens is 307 g/mol. The van der Waals surface area contributed by atoms with Gasteiger partial charge in [0.15, 0.2) is 0 Å². The molecule has 3 aromatic rings. The smallest absolute Gasteiger partial charge is 0.433 e. The van der Waals surface area contributed by atoms with E-state index in [1.807, 2.05) is 0 Å². The Morgan fingerprint density at radius 1 is 0.826 bits per heavy atom. The van der Waals surface area contributed by atoms with Crippen LogP contribution in [0.5, 0.6) is 11.5 Å². The van der Waals surface area contributed by atoms with E-state index in [1.54, 1.807) is 36.5 Å². The molecule has 0 atom stereocenters. The fourth-order valence-corrected chi connectivity index (χ4v) is 1.92. The van der Waals surface area contributed by atoms with Crippen molar-refractivity contribution in [3.8, 4) is 22.8 Å². The predicted octanol–water partition coefficient (Wildman–Crippen LogP) is 4.35. The van der Waals surface area contributed by atoms with E-state index in [9.17, 15) is 13.2 Å². The Morgan fingerprint density at radius 3 is 2.26 bits per heavy atom. The molecule has 0 saturated heterocycles. The number of alkyl halides is 3. The molecule has 7 heteroatoms. The van der Waals surface area contributed by atoms with Gasteiger partial charge in [-0.3, -0.25) is 4.98 Å². The maximum absolute atomic E-state index is 12.6. The molecule has 116 valence electrons. The van der Waals surface area contributed by atoms with Gasteiger partial charge >= 0.3 is 6.18 Å². The maximum atomic E-state index is 12.6. The lowest BCUT2D eigenvalue weighted by Gasteiger charge is -2.09. The molecule has 0 saturated carbocycles. The molecule has 0 amide bonds. The molecule has 0 N–H and O–H groups in total. The second kappa shape index (κ2) is 6.04. The Labute approximate surface area is 129 Å². The van der Waals surface area contributed by atoms with E-state index >= 15 is 0 Å². The van der Waals surface area contributed by atoms with E-state index in [2.05, 4.69) is 15.0 Å². The van der Waals surface area contributed by atoms with Crippen LogP contribution in [0.4, 0.5) is 13.2 Å². The van der Waals surface area contributed by atoms with Gasteiger partial charge in [-0.05, 0) is 36.4 Å². The standard InChI is InChI=1S/C16H10F3N3O/c17-16(18,19)15-9-13(5-8-21-15)23-12-3-1-11(2-4-12)14-6-7-20-10-22-14/h1-10H. The lowest BCUT2D eigenvalue weighted by molar-refractivity contribution is -0.141. The molecule has 0 bridgehead atoms. The van der Waals surface area contributed by atoms with Crippen molar-refractivity contribution in [2.45, 2.75) is 6.18 Å². The zero-order valence-electron chi connectivity index (χ0n) is 11.7. The highest BCUT2D eigenvalue weighted by Gasteiger charge is 2.32. The molecule has 0 aliphatic heterocycles. The number of aromatic nitrogens is 3. The van der Waals surface area contributed by atoms with Crippen LogP contribution in [0, 0.1) is 0 Å². The van der Waals surface area contributed by atoms with E-state index in [-0.39, 0.29) is 5.75 Å². The molecule has 0 radical (unpaired) electrons. The summed E-state index contributed by atoms with van der Waals surface area (Å²) >= 11 is 0. The predicted molar refractivity (Wildman–Crippen MR) is 76.8 cm³/mol. The van der Waals surface area contributed by atoms with Gasteiger partial charge in [0.1, 0.15) is 23.5 Å². The van der Waals surface area contributed by atoms with Crippen LogP contribution in [0.25, 0.3) is 11.3 Å². The van der Waals surface area contributed by atoms with Gasteiger partial charge < -0.3 is 4.74 Å². The van der Waals surface area contributed by atoms with Crippen LogP contribution in [0.1, 0.15) is 5.69 Å². The summed E-state index contributed by atoms with van der Waals surface area (Å²) in [6.07, 6.45) is -0.374. The first kappa shape index (κ1) is 15.0.